The van der Waals surface area contributed by atoms with Crippen molar-refractivity contribution >= 4 is 33.2 Å². The van der Waals surface area contributed by atoms with Crippen molar-refractivity contribution in [3.63, 3.8) is 0 Å². The molecule has 1 heterocycles. The highest BCUT2D eigenvalue weighted by atomic mass is 79.9. The fourth-order valence-corrected chi connectivity index (χ4v) is 2.07. The number of carbonyl (C=O) groups excluding carboxylic acids is 1. The summed E-state index contributed by atoms with van der Waals surface area (Å²) in [7, 11) is 0. The van der Waals surface area contributed by atoms with Crippen LogP contribution in [0.1, 0.15) is 28.7 Å². The summed E-state index contributed by atoms with van der Waals surface area (Å²) in [5, 5.41) is 9.49. The molecule has 1 aromatic carbocycles. The molecule has 2 aromatic rings. The van der Waals surface area contributed by atoms with Gasteiger partial charge in [0.2, 0.25) is 0 Å². The molecule has 0 radical (unpaired) electrons. The van der Waals surface area contributed by atoms with Crippen LogP contribution in [-0.2, 0) is 6.42 Å². The molecule has 100 valence electrons. The van der Waals surface area contributed by atoms with E-state index in [1.165, 1.54) is 0 Å². The number of aromatic amines is 1. The Bertz CT molecular complexity index is 621. The van der Waals surface area contributed by atoms with Gasteiger partial charge < -0.3 is 11.1 Å². The Morgan fingerprint density at radius 2 is 2.26 bits per heavy atom. The lowest BCUT2D eigenvalue weighted by atomic mass is 10.2. The number of aromatic nitrogens is 2. The summed E-state index contributed by atoms with van der Waals surface area (Å²) in [6.07, 6.45) is 0.711. The molecule has 0 fully saturated rings. The van der Waals surface area contributed by atoms with Crippen molar-refractivity contribution in [2.75, 3.05) is 11.1 Å². The third kappa shape index (κ3) is 2.78. The van der Waals surface area contributed by atoms with E-state index in [2.05, 4.69) is 31.4 Å². The van der Waals surface area contributed by atoms with Gasteiger partial charge in [-0.1, -0.05) is 28.9 Å². The molecule has 0 aliphatic carbocycles. The summed E-state index contributed by atoms with van der Waals surface area (Å²) in [6, 6.07) is 5.60. The SMILES string of the molecule is CCc1[nH]nc(C(=O)Nc2ccc(C)c(Br)c2)c1N. The van der Waals surface area contributed by atoms with E-state index in [1.54, 1.807) is 0 Å². The average molecular weight is 323 g/mol. The molecule has 6 heteroatoms. The van der Waals surface area contributed by atoms with Gasteiger partial charge in [0.05, 0.1) is 11.4 Å². The first-order valence-corrected chi connectivity index (χ1v) is 6.72. The number of carbonyl (C=O) groups is 1. The minimum atomic E-state index is -0.316. The molecule has 4 N–H and O–H groups in total. The van der Waals surface area contributed by atoms with Crippen LogP contribution in [0.2, 0.25) is 0 Å². The van der Waals surface area contributed by atoms with Gasteiger partial charge in [-0.25, -0.2) is 0 Å². The van der Waals surface area contributed by atoms with Gasteiger partial charge in [0.15, 0.2) is 5.69 Å². The molecule has 0 aliphatic heterocycles. The smallest absolute Gasteiger partial charge is 0.278 e. The maximum absolute atomic E-state index is 12.1. The standard InChI is InChI=1S/C13H15BrN4O/c1-3-10-11(15)12(18-17-10)13(19)16-8-5-4-7(2)9(14)6-8/h4-6H,3,15H2,1-2H3,(H,16,19)(H,17,18). The van der Waals surface area contributed by atoms with E-state index in [9.17, 15) is 4.79 Å². The lowest BCUT2D eigenvalue weighted by molar-refractivity contribution is 0.102. The summed E-state index contributed by atoms with van der Waals surface area (Å²) in [5.41, 5.74) is 9.07. The highest BCUT2D eigenvalue weighted by Gasteiger charge is 2.16. The van der Waals surface area contributed by atoms with E-state index in [0.29, 0.717) is 17.8 Å². The number of nitrogens with zero attached hydrogens (tertiary/aromatic N) is 1. The fourth-order valence-electron chi connectivity index (χ4n) is 1.69. The number of hydrogen-bond acceptors (Lipinski definition) is 3. The number of nitrogen functional groups attached to an aromatic ring is 1. The van der Waals surface area contributed by atoms with Crippen molar-refractivity contribution < 1.29 is 4.79 Å². The summed E-state index contributed by atoms with van der Waals surface area (Å²) < 4.78 is 0.939. The molecule has 19 heavy (non-hydrogen) atoms. The van der Waals surface area contributed by atoms with Crippen LogP contribution in [-0.4, -0.2) is 16.1 Å². The summed E-state index contributed by atoms with van der Waals surface area (Å²) >= 11 is 3.42. The van der Waals surface area contributed by atoms with E-state index < -0.39 is 0 Å². The minimum Gasteiger partial charge on any atom is -0.395 e. The molecular formula is C13H15BrN4O. The van der Waals surface area contributed by atoms with Crippen LogP contribution in [0.3, 0.4) is 0 Å². The number of anilines is 2. The molecule has 0 bridgehead atoms. The first kappa shape index (κ1) is 13.6. The summed E-state index contributed by atoms with van der Waals surface area (Å²) in [6.45, 7) is 3.93. The van der Waals surface area contributed by atoms with Crippen molar-refractivity contribution in [2.24, 2.45) is 0 Å². The molecule has 1 amide bonds. The number of amides is 1. The van der Waals surface area contributed by atoms with Gasteiger partial charge in [-0.15, -0.1) is 0 Å². The van der Waals surface area contributed by atoms with Crippen molar-refractivity contribution in [3.05, 3.63) is 39.6 Å². The van der Waals surface area contributed by atoms with E-state index >= 15 is 0 Å². The average Bonchev–Trinajstić information content (AvgIpc) is 2.75. The summed E-state index contributed by atoms with van der Waals surface area (Å²) in [4.78, 5) is 12.1. The van der Waals surface area contributed by atoms with Crippen LogP contribution >= 0.6 is 15.9 Å². The van der Waals surface area contributed by atoms with E-state index in [1.807, 2.05) is 32.0 Å². The van der Waals surface area contributed by atoms with Crippen LogP contribution in [0.25, 0.3) is 0 Å². The maximum atomic E-state index is 12.1. The topological polar surface area (TPSA) is 83.8 Å². The van der Waals surface area contributed by atoms with Gasteiger partial charge in [0.25, 0.3) is 5.91 Å². The second-order valence-corrected chi connectivity index (χ2v) is 5.09. The normalized spacial score (nSPS) is 10.5. The number of nitrogens with one attached hydrogen (secondary N) is 2. The van der Waals surface area contributed by atoms with Crippen LogP contribution in [0.4, 0.5) is 11.4 Å². The fraction of sp³-hybridized carbons (Fsp3) is 0.231. The predicted molar refractivity (Wildman–Crippen MR) is 79.2 cm³/mol. The predicted octanol–water partition coefficient (Wildman–Crippen LogP) is 2.88. The number of H-pyrrole nitrogens is 1. The van der Waals surface area contributed by atoms with Gasteiger partial charge in [-0.3, -0.25) is 9.89 Å². The molecule has 1 aromatic heterocycles. The van der Waals surface area contributed by atoms with E-state index in [-0.39, 0.29) is 11.6 Å². The molecular weight excluding hydrogens is 308 g/mol. The van der Waals surface area contributed by atoms with Crippen molar-refractivity contribution in [2.45, 2.75) is 20.3 Å². The van der Waals surface area contributed by atoms with E-state index in [4.69, 9.17) is 5.73 Å². The van der Waals surface area contributed by atoms with Crippen LogP contribution in [0, 0.1) is 6.92 Å². The molecule has 0 aliphatic rings. The number of aryl methyl sites for hydroxylation is 2. The Labute approximate surface area is 119 Å². The Hall–Kier alpha value is -1.82. The second kappa shape index (κ2) is 5.44. The zero-order chi connectivity index (χ0) is 14.0. The van der Waals surface area contributed by atoms with Crippen LogP contribution in [0.15, 0.2) is 22.7 Å². The Kier molecular flexibility index (Phi) is 3.90. The van der Waals surface area contributed by atoms with Crippen LogP contribution < -0.4 is 11.1 Å². The molecule has 0 saturated carbocycles. The second-order valence-electron chi connectivity index (χ2n) is 4.24. The number of halogens is 1. The molecule has 0 atom stereocenters. The lowest BCUT2D eigenvalue weighted by Gasteiger charge is -2.06. The van der Waals surface area contributed by atoms with Crippen molar-refractivity contribution in [1.29, 1.82) is 0 Å². The zero-order valence-electron chi connectivity index (χ0n) is 10.7. The van der Waals surface area contributed by atoms with E-state index in [0.717, 1.165) is 15.7 Å². The number of nitrogens with two attached hydrogens (primary N) is 1. The lowest BCUT2D eigenvalue weighted by Crippen LogP contribution is -2.14. The van der Waals surface area contributed by atoms with Gasteiger partial charge in [0, 0.05) is 10.2 Å². The largest absolute Gasteiger partial charge is 0.395 e. The molecule has 0 spiro atoms. The van der Waals surface area contributed by atoms with Crippen molar-refractivity contribution in [3.8, 4) is 0 Å². The molecule has 2 rings (SSSR count). The minimum absolute atomic E-state index is 0.230. The highest BCUT2D eigenvalue weighted by Crippen LogP contribution is 2.22. The van der Waals surface area contributed by atoms with Crippen LogP contribution in [0.5, 0.6) is 0 Å². The number of hydrogen-bond donors (Lipinski definition) is 3. The molecule has 5 nitrogen and oxygen atoms in total. The van der Waals surface area contributed by atoms with Gasteiger partial charge >= 0.3 is 0 Å². The monoisotopic (exact) mass is 322 g/mol. The molecule has 0 saturated heterocycles. The van der Waals surface area contributed by atoms with Crippen molar-refractivity contribution in [1.82, 2.24) is 10.2 Å². The first-order chi connectivity index (χ1) is 9.02. The zero-order valence-corrected chi connectivity index (χ0v) is 12.3. The maximum Gasteiger partial charge on any atom is 0.278 e. The van der Waals surface area contributed by atoms with Gasteiger partial charge in [0.1, 0.15) is 0 Å². The molecule has 0 unspecified atom stereocenters. The quantitative estimate of drug-likeness (QED) is 0.812. The number of benzene rings is 1. The van der Waals surface area contributed by atoms with Gasteiger partial charge in [-0.05, 0) is 31.0 Å². The summed E-state index contributed by atoms with van der Waals surface area (Å²) in [5.74, 6) is -0.316. The third-order valence-electron chi connectivity index (χ3n) is 2.88. The highest BCUT2D eigenvalue weighted by molar-refractivity contribution is 9.10. The first-order valence-electron chi connectivity index (χ1n) is 5.93. The Morgan fingerprint density at radius 1 is 1.53 bits per heavy atom. The third-order valence-corrected chi connectivity index (χ3v) is 3.74. The van der Waals surface area contributed by atoms with Gasteiger partial charge in [-0.2, -0.15) is 5.10 Å². The number of rotatable bonds is 3. The Morgan fingerprint density at radius 3 is 2.84 bits per heavy atom. The Balaban J connectivity index is 2.20.